The van der Waals surface area contributed by atoms with Crippen LogP contribution in [0.3, 0.4) is 0 Å². The lowest BCUT2D eigenvalue weighted by molar-refractivity contribution is -0.0973. The molecule has 3 N–H and O–H groups in total. The Kier molecular flexibility index (Phi) is 4.11. The van der Waals surface area contributed by atoms with E-state index in [2.05, 4.69) is 15.8 Å². The van der Waals surface area contributed by atoms with Gasteiger partial charge in [-0.3, -0.25) is 10.7 Å². The van der Waals surface area contributed by atoms with E-state index in [0.717, 1.165) is 5.12 Å². The van der Waals surface area contributed by atoms with Crippen LogP contribution in [-0.2, 0) is 4.74 Å². The molecule has 1 heterocycles. The van der Waals surface area contributed by atoms with Crippen LogP contribution in [0.4, 0.5) is 29.3 Å². The highest BCUT2D eigenvalue weighted by atomic mass is 19.4. The van der Waals surface area contributed by atoms with Crippen LogP contribution in [-0.4, -0.2) is 30.4 Å². The second kappa shape index (κ2) is 5.84. The highest BCUT2D eigenvalue weighted by molar-refractivity contribution is 5.92. The van der Waals surface area contributed by atoms with Crippen LogP contribution in [0.5, 0.6) is 0 Å². The quantitative estimate of drug-likeness (QED) is 0.780. The van der Waals surface area contributed by atoms with Gasteiger partial charge in [0.05, 0.1) is 12.8 Å². The van der Waals surface area contributed by atoms with E-state index in [0.29, 0.717) is 6.08 Å². The maximum absolute atomic E-state index is 12.9. The van der Waals surface area contributed by atoms with E-state index in [1.54, 1.807) is 0 Å². The first-order valence-electron chi connectivity index (χ1n) is 5.88. The Hall–Kier alpha value is -2.91. The number of alkyl halides is 3. The number of para-hydroxylation sites is 2. The summed E-state index contributed by atoms with van der Waals surface area (Å²) < 4.78 is 43.4. The summed E-state index contributed by atoms with van der Waals surface area (Å²) in [6.07, 6.45) is -5.30. The fourth-order valence-corrected chi connectivity index (χ4v) is 1.66. The second-order valence-electron chi connectivity index (χ2n) is 4.07. The molecule has 10 heteroatoms. The fourth-order valence-electron chi connectivity index (χ4n) is 1.66. The Morgan fingerprint density at radius 3 is 2.68 bits per heavy atom. The predicted octanol–water partition coefficient (Wildman–Crippen LogP) is 2.51. The maximum Gasteiger partial charge on any atom is 0.432 e. The Balaban J connectivity index is 2.40. The average Bonchev–Trinajstić information content (AvgIpc) is 2.45. The third kappa shape index (κ3) is 3.40. The van der Waals surface area contributed by atoms with Gasteiger partial charge in [0.2, 0.25) is 5.90 Å². The van der Waals surface area contributed by atoms with Crippen molar-refractivity contribution in [1.82, 2.24) is 5.43 Å². The lowest BCUT2D eigenvalue weighted by Gasteiger charge is -2.28. The van der Waals surface area contributed by atoms with Crippen molar-refractivity contribution in [2.75, 3.05) is 17.5 Å². The molecule has 0 fully saturated rings. The number of hydrogen-bond acceptors (Lipinski definition) is 5. The number of hydrogen-bond donors (Lipinski definition) is 3. The molecular formula is C12H11F3N4O3. The van der Waals surface area contributed by atoms with Crippen molar-refractivity contribution in [3.05, 3.63) is 36.0 Å². The van der Waals surface area contributed by atoms with Gasteiger partial charge in [-0.05, 0) is 12.1 Å². The number of amides is 1. The summed E-state index contributed by atoms with van der Waals surface area (Å²) in [4.78, 5) is 10.7. The zero-order valence-corrected chi connectivity index (χ0v) is 11.2. The van der Waals surface area contributed by atoms with E-state index in [1.165, 1.54) is 31.4 Å². The summed E-state index contributed by atoms with van der Waals surface area (Å²) in [6, 6.07) is 5.84. The number of carbonyl (C=O) groups is 1. The molecule has 0 saturated carbocycles. The Morgan fingerprint density at radius 2 is 2.09 bits per heavy atom. The zero-order chi connectivity index (χ0) is 16.3. The van der Waals surface area contributed by atoms with E-state index < -0.39 is 18.0 Å². The van der Waals surface area contributed by atoms with Gasteiger partial charge in [0.15, 0.2) is 0 Å². The molecule has 0 aliphatic carbocycles. The molecular weight excluding hydrogens is 305 g/mol. The number of hydrazine groups is 1. The monoisotopic (exact) mass is 316 g/mol. The number of ether oxygens (including phenoxy) is 1. The van der Waals surface area contributed by atoms with Crippen molar-refractivity contribution in [2.24, 2.45) is 5.10 Å². The topological polar surface area (TPSA) is 86.2 Å². The first-order chi connectivity index (χ1) is 10.3. The molecule has 118 valence electrons. The number of carboxylic acid groups (broad SMARTS) is 1. The number of hydrazone groups is 1. The third-order valence-electron chi connectivity index (χ3n) is 2.58. The molecule has 0 radical (unpaired) electrons. The first kappa shape index (κ1) is 15.5. The van der Waals surface area contributed by atoms with E-state index in [9.17, 15) is 18.0 Å². The van der Waals surface area contributed by atoms with Crippen molar-refractivity contribution in [3.63, 3.8) is 0 Å². The van der Waals surface area contributed by atoms with Crippen molar-refractivity contribution in [3.8, 4) is 0 Å². The summed E-state index contributed by atoms with van der Waals surface area (Å²) in [5.41, 5.74) is 1.10. The van der Waals surface area contributed by atoms with Crippen molar-refractivity contribution < 1.29 is 27.8 Å². The van der Waals surface area contributed by atoms with Crippen LogP contribution in [0.2, 0.25) is 0 Å². The van der Waals surface area contributed by atoms with Crippen LogP contribution in [0, 0.1) is 0 Å². The summed E-state index contributed by atoms with van der Waals surface area (Å²) in [5.74, 6) is -0.281. The van der Waals surface area contributed by atoms with Gasteiger partial charge in [-0.25, -0.2) is 4.79 Å². The van der Waals surface area contributed by atoms with E-state index in [1.807, 2.05) is 0 Å². The van der Waals surface area contributed by atoms with Crippen molar-refractivity contribution in [2.45, 2.75) is 6.18 Å². The molecule has 0 aromatic heterocycles. The number of anilines is 2. The van der Waals surface area contributed by atoms with Crippen LogP contribution in [0.15, 0.2) is 41.1 Å². The standard InChI is InChI=1S/C12H11F3N4O3/c1-22-10-6-9(12(13,14)15)17-19(18-10)8-5-3-2-4-7(8)16-11(20)21/h2-6,16-17H,1H3,(H,20,21). The molecule has 0 spiro atoms. The number of nitrogens with zero attached hydrogens (tertiary/aromatic N) is 2. The molecule has 1 aliphatic heterocycles. The predicted molar refractivity (Wildman–Crippen MR) is 72.3 cm³/mol. The normalized spacial score (nSPS) is 14.6. The van der Waals surface area contributed by atoms with Crippen molar-refractivity contribution >= 4 is 23.4 Å². The molecule has 0 saturated heterocycles. The molecule has 0 unspecified atom stereocenters. The largest absolute Gasteiger partial charge is 0.480 e. The minimum atomic E-state index is -4.65. The van der Waals surface area contributed by atoms with E-state index in [4.69, 9.17) is 9.84 Å². The molecule has 1 aromatic rings. The van der Waals surface area contributed by atoms with Gasteiger partial charge < -0.3 is 9.84 Å². The second-order valence-corrected chi connectivity index (χ2v) is 4.07. The number of benzene rings is 1. The van der Waals surface area contributed by atoms with Gasteiger partial charge in [0, 0.05) is 6.08 Å². The molecule has 1 aliphatic rings. The summed E-state index contributed by atoms with van der Waals surface area (Å²) in [7, 11) is 1.17. The minimum Gasteiger partial charge on any atom is -0.480 e. The number of rotatable bonds is 2. The molecule has 2 rings (SSSR count). The van der Waals surface area contributed by atoms with Crippen LogP contribution in [0.25, 0.3) is 0 Å². The lowest BCUT2D eigenvalue weighted by Crippen LogP contribution is -2.42. The zero-order valence-electron chi connectivity index (χ0n) is 11.2. The van der Waals surface area contributed by atoms with Crippen LogP contribution in [0.1, 0.15) is 0 Å². The SMILES string of the molecule is COC1=NN(c2ccccc2NC(=O)O)NC(C(F)(F)F)=C1. The minimum absolute atomic E-state index is 0.0603. The molecule has 7 nitrogen and oxygen atoms in total. The molecule has 1 amide bonds. The van der Waals surface area contributed by atoms with Crippen LogP contribution < -0.4 is 15.9 Å². The highest BCUT2D eigenvalue weighted by Gasteiger charge is 2.37. The first-order valence-corrected chi connectivity index (χ1v) is 5.88. The van der Waals surface area contributed by atoms with E-state index in [-0.39, 0.29) is 17.3 Å². The van der Waals surface area contributed by atoms with Crippen molar-refractivity contribution in [1.29, 1.82) is 0 Å². The number of allylic oxidation sites excluding steroid dienone is 1. The van der Waals surface area contributed by atoms with Gasteiger partial charge in [0.1, 0.15) is 11.4 Å². The van der Waals surface area contributed by atoms with Gasteiger partial charge in [-0.1, -0.05) is 12.1 Å². The summed E-state index contributed by atoms with van der Waals surface area (Å²) >= 11 is 0. The number of halogens is 3. The van der Waals surface area contributed by atoms with Crippen LogP contribution >= 0.6 is 0 Å². The lowest BCUT2D eigenvalue weighted by atomic mass is 10.2. The smallest absolute Gasteiger partial charge is 0.432 e. The molecule has 22 heavy (non-hydrogen) atoms. The Labute approximate surface area is 122 Å². The van der Waals surface area contributed by atoms with E-state index >= 15 is 0 Å². The number of methoxy groups -OCH3 is 1. The fraction of sp³-hybridized carbons (Fsp3) is 0.167. The average molecular weight is 316 g/mol. The van der Waals surface area contributed by atoms with Gasteiger partial charge in [-0.15, -0.1) is 5.10 Å². The number of nitrogens with one attached hydrogen (secondary N) is 2. The van der Waals surface area contributed by atoms with Gasteiger partial charge in [-0.2, -0.15) is 18.3 Å². The maximum atomic E-state index is 12.9. The summed E-state index contributed by atoms with van der Waals surface area (Å²) in [5, 5.41) is 15.4. The molecule has 0 atom stereocenters. The highest BCUT2D eigenvalue weighted by Crippen LogP contribution is 2.30. The Bertz CT molecular complexity index is 643. The molecule has 0 bridgehead atoms. The van der Waals surface area contributed by atoms with Gasteiger partial charge >= 0.3 is 12.3 Å². The van der Waals surface area contributed by atoms with Gasteiger partial charge in [0.25, 0.3) is 0 Å². The Morgan fingerprint density at radius 1 is 1.41 bits per heavy atom. The summed E-state index contributed by atoms with van der Waals surface area (Å²) in [6.45, 7) is 0. The molecule has 1 aromatic carbocycles. The third-order valence-corrected chi connectivity index (χ3v) is 2.58.